The van der Waals surface area contributed by atoms with E-state index in [0.29, 0.717) is 37.0 Å². The van der Waals surface area contributed by atoms with Crippen LogP contribution in [0.1, 0.15) is 55.5 Å². The van der Waals surface area contributed by atoms with Gasteiger partial charge in [-0.25, -0.2) is 0 Å². The highest BCUT2D eigenvalue weighted by atomic mass is 16.5. The van der Waals surface area contributed by atoms with E-state index in [1.54, 1.807) is 6.07 Å². The van der Waals surface area contributed by atoms with Gasteiger partial charge in [0, 0.05) is 12.5 Å². The van der Waals surface area contributed by atoms with Gasteiger partial charge in [-0.3, -0.25) is 4.90 Å². The third kappa shape index (κ3) is 3.06. The van der Waals surface area contributed by atoms with Crippen molar-refractivity contribution < 1.29 is 19.2 Å². The van der Waals surface area contributed by atoms with E-state index in [0.717, 1.165) is 5.76 Å². The van der Waals surface area contributed by atoms with Crippen LogP contribution in [-0.4, -0.2) is 37.9 Å². The van der Waals surface area contributed by atoms with Crippen LogP contribution in [0.2, 0.25) is 0 Å². The van der Waals surface area contributed by atoms with Crippen molar-refractivity contribution in [2.45, 2.75) is 51.5 Å². The fraction of sp³-hybridized carbons (Fsp3) is 0.600. The molecule has 2 aromatic rings. The minimum absolute atomic E-state index is 0.113. The summed E-state index contributed by atoms with van der Waals surface area (Å²) < 4.78 is 10.9. The van der Waals surface area contributed by atoms with Gasteiger partial charge in [0.05, 0.1) is 18.7 Å². The molecule has 22 heavy (non-hydrogen) atoms. The third-order valence-electron chi connectivity index (χ3n) is 3.87. The molecule has 3 rings (SSSR count). The van der Waals surface area contributed by atoms with Crippen molar-refractivity contribution in [1.29, 1.82) is 0 Å². The zero-order chi connectivity index (χ0) is 15.7. The molecule has 1 fully saturated rings. The van der Waals surface area contributed by atoms with Crippen LogP contribution in [0.25, 0.3) is 0 Å². The van der Waals surface area contributed by atoms with Gasteiger partial charge in [-0.15, -0.1) is 0 Å². The van der Waals surface area contributed by atoms with Gasteiger partial charge in [0.2, 0.25) is 5.89 Å². The monoisotopic (exact) mass is 307 g/mol. The van der Waals surface area contributed by atoms with Gasteiger partial charge in [-0.1, -0.05) is 19.0 Å². The molecule has 0 bridgehead atoms. The van der Waals surface area contributed by atoms with Crippen molar-refractivity contribution in [3.8, 4) is 0 Å². The third-order valence-corrected chi connectivity index (χ3v) is 3.87. The molecule has 0 unspecified atom stereocenters. The molecule has 7 heteroatoms. The van der Waals surface area contributed by atoms with Gasteiger partial charge in [0.1, 0.15) is 18.1 Å². The van der Waals surface area contributed by atoms with Crippen molar-refractivity contribution >= 4 is 0 Å². The van der Waals surface area contributed by atoms with Crippen LogP contribution in [-0.2, 0) is 13.2 Å². The van der Waals surface area contributed by atoms with Crippen molar-refractivity contribution in [3.05, 3.63) is 35.4 Å². The lowest BCUT2D eigenvalue weighted by atomic mass is 10.2. The number of aliphatic hydroxyl groups excluding tert-OH is 2. The van der Waals surface area contributed by atoms with Gasteiger partial charge < -0.3 is 19.2 Å². The van der Waals surface area contributed by atoms with Crippen LogP contribution in [0.3, 0.4) is 0 Å². The molecule has 2 N–H and O–H groups in total. The summed E-state index contributed by atoms with van der Waals surface area (Å²) in [5, 5.41) is 23.0. The van der Waals surface area contributed by atoms with Gasteiger partial charge in [0.25, 0.3) is 0 Å². The molecule has 1 saturated heterocycles. The molecule has 1 aliphatic heterocycles. The Morgan fingerprint density at radius 3 is 2.77 bits per heavy atom. The minimum atomic E-state index is -0.424. The Bertz CT molecular complexity index is 622. The number of aliphatic hydroxyl groups is 2. The second-order valence-electron chi connectivity index (χ2n) is 6.01. The molecule has 2 aromatic heterocycles. The molecule has 2 atom stereocenters. The Hall–Kier alpha value is -1.70. The summed E-state index contributed by atoms with van der Waals surface area (Å²) in [6.07, 6.45) is 0.138. The minimum Gasteiger partial charge on any atom is -0.462 e. The molecule has 0 aliphatic carbocycles. The highest BCUT2D eigenvalue weighted by Gasteiger charge is 2.36. The first-order chi connectivity index (χ1) is 10.6. The normalized spacial score (nSPS) is 22.8. The number of hydrogen-bond donors (Lipinski definition) is 2. The lowest BCUT2D eigenvalue weighted by Crippen LogP contribution is -2.24. The standard InChI is InChI=1S/C15H21N3O4/c1-9(2)14-16-15(22-17-14)13-5-10(20)6-18(13)7-11-3-4-12(8-19)21-11/h3-4,9-10,13,19-20H,5-8H2,1-2H3/t10-,13-/m1/s1. The van der Waals surface area contributed by atoms with Crippen LogP contribution in [0, 0.1) is 0 Å². The molecular formula is C15H21N3O4. The predicted molar refractivity (Wildman–Crippen MR) is 76.8 cm³/mol. The Morgan fingerprint density at radius 1 is 1.36 bits per heavy atom. The molecule has 1 aliphatic rings. The molecule has 120 valence electrons. The summed E-state index contributed by atoms with van der Waals surface area (Å²) in [7, 11) is 0. The Kier molecular flexibility index (Phi) is 4.28. The van der Waals surface area contributed by atoms with E-state index in [1.165, 1.54) is 0 Å². The van der Waals surface area contributed by atoms with Gasteiger partial charge in [0.15, 0.2) is 5.82 Å². The van der Waals surface area contributed by atoms with Crippen LogP contribution < -0.4 is 0 Å². The summed E-state index contributed by atoms with van der Waals surface area (Å²) in [5.41, 5.74) is 0. The maximum Gasteiger partial charge on any atom is 0.244 e. The van der Waals surface area contributed by atoms with Crippen LogP contribution in [0.5, 0.6) is 0 Å². The summed E-state index contributed by atoms with van der Waals surface area (Å²) in [6, 6.07) is 3.47. The number of β-amino-alcohol motifs (C(OH)–C–C–N with tert-alkyl or cyclic N) is 1. The zero-order valence-corrected chi connectivity index (χ0v) is 12.8. The number of likely N-dealkylation sites (tertiary alicyclic amines) is 1. The van der Waals surface area contributed by atoms with Gasteiger partial charge >= 0.3 is 0 Å². The first kappa shape index (κ1) is 15.2. The zero-order valence-electron chi connectivity index (χ0n) is 12.8. The van der Waals surface area contributed by atoms with E-state index in [2.05, 4.69) is 15.0 Å². The highest BCUT2D eigenvalue weighted by Crippen LogP contribution is 2.33. The van der Waals surface area contributed by atoms with Crippen molar-refractivity contribution in [3.63, 3.8) is 0 Å². The summed E-state index contributed by atoms with van der Waals surface area (Å²) in [6.45, 7) is 4.96. The average Bonchev–Trinajstić information content (AvgIpc) is 3.18. The Labute approximate surface area is 128 Å². The van der Waals surface area contributed by atoms with E-state index in [4.69, 9.17) is 14.0 Å². The maximum atomic E-state index is 9.97. The summed E-state index contributed by atoms with van der Waals surface area (Å²) in [5.74, 6) is 2.69. The number of nitrogens with zero attached hydrogens (tertiary/aromatic N) is 3. The second-order valence-corrected chi connectivity index (χ2v) is 6.01. The average molecular weight is 307 g/mol. The molecular weight excluding hydrogens is 286 g/mol. The van der Waals surface area contributed by atoms with E-state index >= 15 is 0 Å². The van der Waals surface area contributed by atoms with Gasteiger partial charge in [-0.2, -0.15) is 4.98 Å². The molecule has 0 saturated carbocycles. The number of furan rings is 1. The molecule has 7 nitrogen and oxygen atoms in total. The fourth-order valence-electron chi connectivity index (χ4n) is 2.72. The van der Waals surface area contributed by atoms with Gasteiger partial charge in [-0.05, 0) is 18.6 Å². The maximum absolute atomic E-state index is 9.97. The second kappa shape index (κ2) is 6.20. The summed E-state index contributed by atoms with van der Waals surface area (Å²) >= 11 is 0. The fourth-order valence-corrected chi connectivity index (χ4v) is 2.72. The van der Waals surface area contributed by atoms with Crippen molar-refractivity contribution in [1.82, 2.24) is 15.0 Å². The first-order valence-corrected chi connectivity index (χ1v) is 7.51. The van der Waals surface area contributed by atoms with E-state index in [1.807, 2.05) is 19.9 Å². The lowest BCUT2D eigenvalue weighted by molar-refractivity contribution is 0.160. The first-order valence-electron chi connectivity index (χ1n) is 7.51. The quantitative estimate of drug-likeness (QED) is 0.865. The smallest absolute Gasteiger partial charge is 0.244 e. The topological polar surface area (TPSA) is 95.8 Å². The summed E-state index contributed by atoms with van der Waals surface area (Å²) in [4.78, 5) is 6.50. The Balaban J connectivity index is 1.76. The molecule has 0 amide bonds. The highest BCUT2D eigenvalue weighted by molar-refractivity contribution is 5.08. The van der Waals surface area contributed by atoms with Crippen LogP contribution in [0.4, 0.5) is 0 Å². The largest absolute Gasteiger partial charge is 0.462 e. The number of rotatable bonds is 5. The Morgan fingerprint density at radius 2 is 2.14 bits per heavy atom. The SMILES string of the molecule is CC(C)c1noc([C@H]2C[C@@H](O)CN2Cc2ccc(CO)o2)n1. The molecule has 0 aromatic carbocycles. The molecule has 0 radical (unpaired) electrons. The van der Waals surface area contributed by atoms with Crippen LogP contribution in [0.15, 0.2) is 21.1 Å². The van der Waals surface area contributed by atoms with Crippen molar-refractivity contribution in [2.24, 2.45) is 0 Å². The molecule has 0 spiro atoms. The van der Waals surface area contributed by atoms with E-state index < -0.39 is 6.10 Å². The van der Waals surface area contributed by atoms with E-state index in [-0.39, 0.29) is 18.6 Å². The van der Waals surface area contributed by atoms with Crippen molar-refractivity contribution in [2.75, 3.05) is 6.54 Å². The lowest BCUT2D eigenvalue weighted by Gasteiger charge is -2.19. The number of aromatic nitrogens is 2. The molecule has 3 heterocycles. The van der Waals surface area contributed by atoms with Crippen LogP contribution >= 0.6 is 0 Å². The van der Waals surface area contributed by atoms with E-state index in [9.17, 15) is 5.11 Å². The number of hydrogen-bond acceptors (Lipinski definition) is 7. The predicted octanol–water partition coefficient (Wildman–Crippen LogP) is 1.59.